The third kappa shape index (κ3) is 2.58. The summed E-state index contributed by atoms with van der Waals surface area (Å²) in [4.78, 5) is 24.1. The van der Waals surface area contributed by atoms with Gasteiger partial charge in [0.25, 0.3) is 5.91 Å². The Bertz CT molecular complexity index is 465. The Labute approximate surface area is 105 Å². The fraction of sp³-hybridized carbons (Fsp3) is 0.417. The Hall–Kier alpha value is -2.11. The van der Waals surface area contributed by atoms with Crippen LogP contribution in [0.1, 0.15) is 19.8 Å². The molecule has 0 unspecified atom stereocenters. The molecule has 0 saturated heterocycles. The monoisotopic (exact) mass is 249 g/mol. The highest BCUT2D eigenvalue weighted by Gasteiger charge is 2.26. The Kier molecular flexibility index (Phi) is 3.45. The van der Waals surface area contributed by atoms with E-state index in [4.69, 9.17) is 5.11 Å². The number of hydrogen-bond acceptors (Lipinski definition) is 4. The molecule has 0 aromatic heterocycles. The largest absolute Gasteiger partial charge is 0.481 e. The molecule has 0 aromatic carbocycles. The molecule has 2 aliphatic rings. The minimum absolute atomic E-state index is 0.0487. The lowest BCUT2D eigenvalue weighted by atomic mass is 10.2. The first-order chi connectivity index (χ1) is 8.58. The van der Waals surface area contributed by atoms with Gasteiger partial charge < -0.3 is 10.0 Å². The van der Waals surface area contributed by atoms with Gasteiger partial charge in [-0.25, -0.2) is 5.01 Å². The van der Waals surface area contributed by atoms with Gasteiger partial charge in [-0.15, -0.1) is 0 Å². The predicted molar refractivity (Wildman–Crippen MR) is 65.6 cm³/mol. The highest BCUT2D eigenvalue weighted by molar-refractivity contribution is 6.00. The van der Waals surface area contributed by atoms with Gasteiger partial charge in [0.2, 0.25) is 0 Å². The van der Waals surface area contributed by atoms with E-state index in [0.29, 0.717) is 13.0 Å². The predicted octanol–water partition coefficient (Wildman–Crippen LogP) is 0.782. The van der Waals surface area contributed by atoms with Crippen LogP contribution >= 0.6 is 0 Å². The van der Waals surface area contributed by atoms with E-state index in [1.165, 1.54) is 5.01 Å². The van der Waals surface area contributed by atoms with E-state index in [0.717, 1.165) is 11.5 Å². The average Bonchev–Trinajstić information content (AvgIpc) is 2.31. The van der Waals surface area contributed by atoms with Crippen LogP contribution in [0.25, 0.3) is 0 Å². The molecule has 0 spiro atoms. The Morgan fingerprint density at radius 2 is 2.33 bits per heavy atom. The van der Waals surface area contributed by atoms with Crippen molar-refractivity contribution < 1.29 is 14.7 Å². The number of carbonyl (C=O) groups excluding carboxylic acids is 1. The summed E-state index contributed by atoms with van der Waals surface area (Å²) >= 11 is 0. The quantitative estimate of drug-likeness (QED) is 0.799. The summed E-state index contributed by atoms with van der Waals surface area (Å²) in [6.07, 6.45) is 6.11. The fourth-order valence-corrected chi connectivity index (χ4v) is 1.88. The number of allylic oxidation sites excluding steroid dienone is 3. The van der Waals surface area contributed by atoms with Crippen LogP contribution in [0.5, 0.6) is 0 Å². The third-order valence-corrected chi connectivity index (χ3v) is 2.85. The molecule has 6 heteroatoms. The number of fused-ring (bicyclic) bond motifs is 1. The van der Waals surface area contributed by atoms with Crippen molar-refractivity contribution in [2.45, 2.75) is 19.8 Å². The molecule has 0 aromatic rings. The number of hydrogen-bond donors (Lipinski definition) is 1. The Morgan fingerprint density at radius 1 is 1.56 bits per heavy atom. The van der Waals surface area contributed by atoms with Crippen molar-refractivity contribution in [2.24, 2.45) is 5.10 Å². The van der Waals surface area contributed by atoms with Crippen LogP contribution in [0.4, 0.5) is 0 Å². The van der Waals surface area contributed by atoms with Crippen LogP contribution in [0.3, 0.4) is 0 Å². The Morgan fingerprint density at radius 3 is 3.06 bits per heavy atom. The van der Waals surface area contributed by atoms with Crippen molar-refractivity contribution in [1.82, 2.24) is 9.91 Å². The second kappa shape index (κ2) is 5.03. The SMILES string of the molecule is CC1=CC=CC2=NN(CCCC(=O)O)C(=O)CN12. The van der Waals surface area contributed by atoms with Crippen LogP contribution in [-0.4, -0.2) is 45.8 Å². The van der Waals surface area contributed by atoms with Crippen molar-refractivity contribution in [3.8, 4) is 0 Å². The second-order valence-corrected chi connectivity index (χ2v) is 4.23. The topological polar surface area (TPSA) is 73.2 Å². The number of carboxylic acids is 1. The number of rotatable bonds is 4. The summed E-state index contributed by atoms with van der Waals surface area (Å²) in [6, 6.07) is 0. The molecule has 0 aliphatic carbocycles. The van der Waals surface area contributed by atoms with Gasteiger partial charge in [0.1, 0.15) is 6.54 Å². The molecule has 1 amide bonds. The third-order valence-electron chi connectivity index (χ3n) is 2.85. The summed E-state index contributed by atoms with van der Waals surface area (Å²) in [7, 11) is 0. The number of carboxylic acid groups (broad SMARTS) is 1. The van der Waals surface area contributed by atoms with E-state index in [1.807, 2.05) is 30.1 Å². The minimum Gasteiger partial charge on any atom is -0.481 e. The molecule has 0 saturated carbocycles. The molecule has 2 rings (SSSR count). The van der Waals surface area contributed by atoms with E-state index in [9.17, 15) is 9.59 Å². The number of carbonyl (C=O) groups is 2. The molecule has 0 atom stereocenters. The van der Waals surface area contributed by atoms with Crippen molar-refractivity contribution >= 4 is 17.7 Å². The van der Waals surface area contributed by atoms with Gasteiger partial charge in [-0.05, 0) is 25.5 Å². The molecule has 2 aliphatic heterocycles. The van der Waals surface area contributed by atoms with Gasteiger partial charge in [-0.3, -0.25) is 9.59 Å². The van der Waals surface area contributed by atoms with E-state index in [2.05, 4.69) is 5.10 Å². The van der Waals surface area contributed by atoms with Gasteiger partial charge in [0, 0.05) is 18.7 Å². The zero-order valence-corrected chi connectivity index (χ0v) is 10.2. The van der Waals surface area contributed by atoms with E-state index >= 15 is 0 Å². The first-order valence-electron chi connectivity index (χ1n) is 5.81. The van der Waals surface area contributed by atoms with Crippen LogP contribution < -0.4 is 0 Å². The van der Waals surface area contributed by atoms with Crippen molar-refractivity contribution in [1.29, 1.82) is 0 Å². The zero-order chi connectivity index (χ0) is 13.1. The summed E-state index contributed by atoms with van der Waals surface area (Å²) in [6.45, 7) is 2.53. The van der Waals surface area contributed by atoms with Gasteiger partial charge in [0.05, 0.1) is 0 Å². The molecule has 0 fully saturated rings. The molecule has 0 bridgehead atoms. The van der Waals surface area contributed by atoms with Crippen LogP contribution in [0.2, 0.25) is 0 Å². The molecule has 1 N–H and O–H groups in total. The maximum atomic E-state index is 11.8. The molecule has 0 radical (unpaired) electrons. The highest BCUT2D eigenvalue weighted by Crippen LogP contribution is 2.17. The lowest BCUT2D eigenvalue weighted by Gasteiger charge is -2.33. The van der Waals surface area contributed by atoms with Crippen LogP contribution in [-0.2, 0) is 9.59 Å². The number of nitrogens with zero attached hydrogens (tertiary/aromatic N) is 3. The Balaban J connectivity index is 2.04. The first-order valence-corrected chi connectivity index (χ1v) is 5.81. The number of aliphatic carboxylic acids is 1. The molecular weight excluding hydrogens is 234 g/mol. The van der Waals surface area contributed by atoms with Crippen molar-refractivity contribution in [3.63, 3.8) is 0 Å². The smallest absolute Gasteiger partial charge is 0.303 e. The van der Waals surface area contributed by atoms with E-state index in [-0.39, 0.29) is 18.9 Å². The lowest BCUT2D eigenvalue weighted by Crippen LogP contribution is -2.46. The van der Waals surface area contributed by atoms with Crippen molar-refractivity contribution in [2.75, 3.05) is 13.1 Å². The minimum atomic E-state index is -0.856. The number of amidine groups is 1. The van der Waals surface area contributed by atoms with Gasteiger partial charge in [-0.1, -0.05) is 6.08 Å². The highest BCUT2D eigenvalue weighted by atomic mass is 16.4. The van der Waals surface area contributed by atoms with Gasteiger partial charge >= 0.3 is 5.97 Å². The first kappa shape index (κ1) is 12.3. The average molecular weight is 249 g/mol. The number of amides is 1. The van der Waals surface area contributed by atoms with E-state index in [1.54, 1.807) is 0 Å². The molecular formula is C12H15N3O3. The summed E-state index contributed by atoms with van der Waals surface area (Å²) < 4.78 is 0. The van der Waals surface area contributed by atoms with Crippen molar-refractivity contribution in [3.05, 3.63) is 23.9 Å². The van der Waals surface area contributed by atoms with Crippen LogP contribution in [0.15, 0.2) is 29.0 Å². The fourth-order valence-electron chi connectivity index (χ4n) is 1.88. The van der Waals surface area contributed by atoms with Gasteiger partial charge in [0.15, 0.2) is 5.84 Å². The summed E-state index contributed by atoms with van der Waals surface area (Å²) in [5, 5.41) is 14.2. The molecule has 2 heterocycles. The standard InChI is InChI=1S/C12H15N3O3/c1-9-4-2-5-10-13-15(7-3-6-12(17)18)11(16)8-14(9)10/h2,4-5H,3,6-8H2,1H3,(H,17,18). The second-order valence-electron chi connectivity index (χ2n) is 4.23. The lowest BCUT2D eigenvalue weighted by molar-refractivity contribution is -0.138. The molecule has 6 nitrogen and oxygen atoms in total. The number of hydrazone groups is 1. The summed E-state index contributed by atoms with van der Waals surface area (Å²) in [5.74, 6) is -0.234. The maximum Gasteiger partial charge on any atom is 0.303 e. The maximum absolute atomic E-state index is 11.8. The van der Waals surface area contributed by atoms with Crippen LogP contribution in [0, 0.1) is 0 Å². The summed E-state index contributed by atoms with van der Waals surface area (Å²) in [5.41, 5.74) is 0.981. The van der Waals surface area contributed by atoms with Gasteiger partial charge in [-0.2, -0.15) is 5.10 Å². The molecule has 96 valence electrons. The molecule has 18 heavy (non-hydrogen) atoms. The van der Waals surface area contributed by atoms with E-state index < -0.39 is 5.97 Å². The normalized spacial score (nSPS) is 18.4. The zero-order valence-electron chi connectivity index (χ0n) is 10.2.